The maximum absolute atomic E-state index is 5.39. The van der Waals surface area contributed by atoms with E-state index in [2.05, 4.69) is 10.6 Å². The van der Waals surface area contributed by atoms with Gasteiger partial charge in [0.15, 0.2) is 0 Å². The molecule has 0 aliphatic carbocycles. The van der Waals surface area contributed by atoms with E-state index in [1.807, 2.05) is 12.1 Å². The molecule has 4 heteroatoms. The second kappa shape index (κ2) is 6.68. The standard InChI is InChI=1S/C12H20N2O2/c1-2-12(16-8-1)4-6-13-5-3-11-10-15-9-7-14-11/h1-2,8,11,13-14H,3-7,9-10H2. The third kappa shape index (κ3) is 3.96. The molecule has 1 aromatic rings. The molecule has 0 spiro atoms. The lowest BCUT2D eigenvalue weighted by Crippen LogP contribution is -2.42. The Morgan fingerprint density at radius 2 is 2.44 bits per heavy atom. The van der Waals surface area contributed by atoms with Crippen LogP contribution in [-0.2, 0) is 11.2 Å². The molecule has 0 saturated carbocycles. The minimum Gasteiger partial charge on any atom is -0.469 e. The quantitative estimate of drug-likeness (QED) is 0.701. The molecule has 0 aromatic carbocycles. The summed E-state index contributed by atoms with van der Waals surface area (Å²) in [6.45, 7) is 4.68. The number of rotatable bonds is 6. The van der Waals surface area contributed by atoms with Gasteiger partial charge in [0, 0.05) is 25.6 Å². The van der Waals surface area contributed by atoms with Crippen LogP contribution in [0.1, 0.15) is 12.2 Å². The molecule has 1 unspecified atom stereocenters. The minimum atomic E-state index is 0.518. The fourth-order valence-corrected chi connectivity index (χ4v) is 1.87. The number of furan rings is 1. The van der Waals surface area contributed by atoms with Gasteiger partial charge in [-0.25, -0.2) is 0 Å². The number of ether oxygens (including phenoxy) is 1. The Bertz CT molecular complexity index is 269. The first kappa shape index (κ1) is 11.6. The van der Waals surface area contributed by atoms with Gasteiger partial charge in [-0.15, -0.1) is 0 Å². The van der Waals surface area contributed by atoms with Crippen molar-refractivity contribution >= 4 is 0 Å². The normalized spacial score (nSPS) is 21.1. The lowest BCUT2D eigenvalue weighted by atomic mass is 10.2. The maximum atomic E-state index is 5.39. The predicted molar refractivity (Wildman–Crippen MR) is 62.5 cm³/mol. The molecule has 2 N–H and O–H groups in total. The fourth-order valence-electron chi connectivity index (χ4n) is 1.87. The fraction of sp³-hybridized carbons (Fsp3) is 0.667. The van der Waals surface area contributed by atoms with Crippen molar-refractivity contribution in [3.63, 3.8) is 0 Å². The van der Waals surface area contributed by atoms with Crippen molar-refractivity contribution in [3.05, 3.63) is 24.2 Å². The lowest BCUT2D eigenvalue weighted by molar-refractivity contribution is 0.0743. The van der Waals surface area contributed by atoms with Crippen molar-refractivity contribution in [3.8, 4) is 0 Å². The molecule has 4 nitrogen and oxygen atoms in total. The highest BCUT2D eigenvalue weighted by atomic mass is 16.5. The summed E-state index contributed by atoms with van der Waals surface area (Å²) in [6, 6.07) is 4.46. The van der Waals surface area contributed by atoms with Crippen LogP contribution in [0.3, 0.4) is 0 Å². The summed E-state index contributed by atoms with van der Waals surface area (Å²) in [5.41, 5.74) is 0. The van der Waals surface area contributed by atoms with Gasteiger partial charge in [0.05, 0.1) is 19.5 Å². The van der Waals surface area contributed by atoms with Gasteiger partial charge in [-0.05, 0) is 25.1 Å². The summed E-state index contributed by atoms with van der Waals surface area (Å²) in [4.78, 5) is 0. The topological polar surface area (TPSA) is 46.4 Å². The van der Waals surface area contributed by atoms with Crippen LogP contribution in [0.4, 0.5) is 0 Å². The average molecular weight is 224 g/mol. The van der Waals surface area contributed by atoms with Crippen LogP contribution in [0.2, 0.25) is 0 Å². The van der Waals surface area contributed by atoms with Crippen LogP contribution in [0, 0.1) is 0 Å². The number of hydrogen-bond donors (Lipinski definition) is 2. The van der Waals surface area contributed by atoms with Crippen molar-refractivity contribution < 1.29 is 9.15 Å². The van der Waals surface area contributed by atoms with Crippen molar-refractivity contribution in [2.75, 3.05) is 32.8 Å². The van der Waals surface area contributed by atoms with E-state index >= 15 is 0 Å². The van der Waals surface area contributed by atoms with Gasteiger partial charge in [-0.3, -0.25) is 0 Å². The van der Waals surface area contributed by atoms with Crippen molar-refractivity contribution in [2.24, 2.45) is 0 Å². The molecule has 2 heterocycles. The smallest absolute Gasteiger partial charge is 0.105 e. The molecular weight excluding hydrogens is 204 g/mol. The predicted octanol–water partition coefficient (Wildman–Crippen LogP) is 0.790. The molecule has 2 rings (SSSR count). The first-order chi connectivity index (χ1) is 7.95. The molecule has 0 radical (unpaired) electrons. The van der Waals surface area contributed by atoms with Gasteiger partial charge in [-0.2, -0.15) is 0 Å². The Morgan fingerprint density at radius 1 is 1.44 bits per heavy atom. The number of nitrogens with one attached hydrogen (secondary N) is 2. The molecule has 1 fully saturated rings. The van der Waals surface area contributed by atoms with E-state index in [9.17, 15) is 0 Å². The summed E-state index contributed by atoms with van der Waals surface area (Å²) in [6.07, 6.45) is 3.80. The van der Waals surface area contributed by atoms with Gasteiger partial charge in [-0.1, -0.05) is 0 Å². The summed E-state index contributed by atoms with van der Waals surface area (Å²) >= 11 is 0. The van der Waals surface area contributed by atoms with E-state index in [0.717, 1.165) is 51.4 Å². The zero-order valence-corrected chi connectivity index (χ0v) is 9.58. The van der Waals surface area contributed by atoms with Gasteiger partial charge in [0.25, 0.3) is 0 Å². The Balaban J connectivity index is 1.48. The minimum absolute atomic E-state index is 0.518. The molecule has 0 amide bonds. The van der Waals surface area contributed by atoms with E-state index in [1.54, 1.807) is 6.26 Å². The molecule has 1 aliphatic rings. The molecule has 1 saturated heterocycles. The Labute approximate surface area is 96.4 Å². The van der Waals surface area contributed by atoms with Crippen molar-refractivity contribution in [1.29, 1.82) is 0 Å². The summed E-state index contributed by atoms with van der Waals surface area (Å²) < 4.78 is 10.7. The van der Waals surface area contributed by atoms with E-state index in [-0.39, 0.29) is 0 Å². The maximum Gasteiger partial charge on any atom is 0.105 e. The Morgan fingerprint density at radius 3 is 3.19 bits per heavy atom. The third-order valence-electron chi connectivity index (χ3n) is 2.80. The molecular formula is C12H20N2O2. The average Bonchev–Trinajstić information content (AvgIpc) is 2.83. The van der Waals surface area contributed by atoms with E-state index in [4.69, 9.17) is 9.15 Å². The molecule has 1 aliphatic heterocycles. The zero-order chi connectivity index (χ0) is 11.1. The highest BCUT2D eigenvalue weighted by Crippen LogP contribution is 2.00. The van der Waals surface area contributed by atoms with Crippen LogP contribution in [0.25, 0.3) is 0 Å². The molecule has 90 valence electrons. The molecule has 16 heavy (non-hydrogen) atoms. The second-order valence-electron chi connectivity index (χ2n) is 4.09. The van der Waals surface area contributed by atoms with Crippen LogP contribution >= 0.6 is 0 Å². The van der Waals surface area contributed by atoms with Crippen molar-refractivity contribution in [2.45, 2.75) is 18.9 Å². The second-order valence-corrected chi connectivity index (χ2v) is 4.09. The highest BCUT2D eigenvalue weighted by Gasteiger charge is 2.11. The van der Waals surface area contributed by atoms with E-state index in [0.29, 0.717) is 6.04 Å². The summed E-state index contributed by atoms with van der Waals surface area (Å²) in [5.74, 6) is 1.05. The van der Waals surface area contributed by atoms with Crippen molar-refractivity contribution in [1.82, 2.24) is 10.6 Å². The van der Waals surface area contributed by atoms with E-state index < -0.39 is 0 Å². The van der Waals surface area contributed by atoms with Gasteiger partial charge >= 0.3 is 0 Å². The monoisotopic (exact) mass is 224 g/mol. The number of hydrogen-bond acceptors (Lipinski definition) is 4. The zero-order valence-electron chi connectivity index (χ0n) is 9.58. The summed E-state index contributed by atoms with van der Waals surface area (Å²) in [7, 11) is 0. The van der Waals surface area contributed by atoms with Crippen LogP contribution < -0.4 is 10.6 Å². The Hall–Kier alpha value is -0.840. The van der Waals surface area contributed by atoms with Gasteiger partial charge in [0.2, 0.25) is 0 Å². The lowest BCUT2D eigenvalue weighted by Gasteiger charge is -2.23. The van der Waals surface area contributed by atoms with Gasteiger partial charge in [0.1, 0.15) is 5.76 Å². The largest absolute Gasteiger partial charge is 0.469 e. The first-order valence-electron chi connectivity index (χ1n) is 5.99. The van der Waals surface area contributed by atoms with E-state index in [1.165, 1.54) is 0 Å². The molecule has 1 atom stereocenters. The summed E-state index contributed by atoms with van der Waals surface area (Å²) in [5, 5.41) is 6.86. The Kier molecular flexibility index (Phi) is 4.86. The first-order valence-corrected chi connectivity index (χ1v) is 5.99. The highest BCUT2D eigenvalue weighted by molar-refractivity contribution is 4.98. The molecule has 1 aromatic heterocycles. The third-order valence-corrected chi connectivity index (χ3v) is 2.80. The van der Waals surface area contributed by atoms with Crippen LogP contribution in [-0.4, -0.2) is 38.9 Å². The van der Waals surface area contributed by atoms with Crippen LogP contribution in [0.15, 0.2) is 22.8 Å². The number of morpholine rings is 1. The SMILES string of the molecule is c1coc(CCNCCC2COCCN2)c1. The molecule has 0 bridgehead atoms. The van der Waals surface area contributed by atoms with Crippen LogP contribution in [0.5, 0.6) is 0 Å². The van der Waals surface area contributed by atoms with Gasteiger partial charge < -0.3 is 19.8 Å².